The van der Waals surface area contributed by atoms with Crippen LogP contribution in [0.15, 0.2) is 18.2 Å². The number of rotatable bonds is 6. The molecule has 0 aliphatic carbocycles. The minimum atomic E-state index is 0.187. The van der Waals surface area contributed by atoms with Crippen LogP contribution in [0.3, 0.4) is 0 Å². The van der Waals surface area contributed by atoms with E-state index in [0.29, 0.717) is 5.92 Å². The number of hydrogen-bond acceptors (Lipinski definition) is 4. The van der Waals surface area contributed by atoms with E-state index in [4.69, 9.17) is 9.47 Å². The Bertz CT molecular complexity index is 422. The predicted octanol–water partition coefficient (Wildman–Crippen LogP) is 2.30. The van der Waals surface area contributed by atoms with E-state index in [1.807, 2.05) is 6.07 Å². The molecular formula is C16H25NO3. The average molecular weight is 279 g/mol. The van der Waals surface area contributed by atoms with Crippen LogP contribution in [0.1, 0.15) is 24.8 Å². The first-order chi connectivity index (χ1) is 9.76. The summed E-state index contributed by atoms with van der Waals surface area (Å²) in [4.78, 5) is 2.13. The van der Waals surface area contributed by atoms with Gasteiger partial charge in [0.2, 0.25) is 0 Å². The second kappa shape index (κ2) is 7.50. The van der Waals surface area contributed by atoms with Gasteiger partial charge in [-0.25, -0.2) is 0 Å². The highest BCUT2D eigenvalue weighted by molar-refractivity contribution is 5.42. The summed E-state index contributed by atoms with van der Waals surface area (Å²) in [7, 11) is 3.32. The van der Waals surface area contributed by atoms with E-state index in [9.17, 15) is 5.11 Å². The Morgan fingerprint density at radius 2 is 2.05 bits per heavy atom. The van der Waals surface area contributed by atoms with E-state index < -0.39 is 0 Å². The van der Waals surface area contributed by atoms with Crippen molar-refractivity contribution >= 4 is 0 Å². The number of benzene rings is 1. The molecule has 1 saturated heterocycles. The van der Waals surface area contributed by atoms with E-state index in [2.05, 4.69) is 17.0 Å². The number of methoxy groups -OCH3 is 2. The molecule has 4 nitrogen and oxygen atoms in total. The van der Waals surface area contributed by atoms with Gasteiger partial charge in [-0.15, -0.1) is 0 Å². The van der Waals surface area contributed by atoms with Crippen LogP contribution in [0.4, 0.5) is 0 Å². The quantitative estimate of drug-likeness (QED) is 0.867. The number of aryl methyl sites for hydroxylation is 1. The Balaban J connectivity index is 1.90. The largest absolute Gasteiger partial charge is 0.493 e. The Morgan fingerprint density at radius 3 is 2.75 bits per heavy atom. The van der Waals surface area contributed by atoms with Crippen molar-refractivity contribution in [1.82, 2.24) is 4.90 Å². The van der Waals surface area contributed by atoms with Crippen LogP contribution >= 0.6 is 0 Å². The van der Waals surface area contributed by atoms with Crippen molar-refractivity contribution in [3.05, 3.63) is 23.8 Å². The van der Waals surface area contributed by atoms with E-state index in [1.165, 1.54) is 18.4 Å². The molecule has 1 fully saturated rings. The van der Waals surface area contributed by atoms with Crippen molar-refractivity contribution in [3.8, 4) is 11.5 Å². The molecule has 0 saturated carbocycles. The van der Waals surface area contributed by atoms with Gasteiger partial charge in [0.25, 0.3) is 0 Å². The maximum atomic E-state index is 9.22. The van der Waals surface area contributed by atoms with Crippen molar-refractivity contribution in [2.45, 2.75) is 25.7 Å². The zero-order chi connectivity index (χ0) is 14.4. The number of aliphatic hydroxyl groups excluding tert-OH is 1. The third kappa shape index (κ3) is 3.87. The third-order valence-corrected chi connectivity index (χ3v) is 4.09. The normalized spacial score (nSPS) is 19.9. The van der Waals surface area contributed by atoms with Gasteiger partial charge in [-0.3, -0.25) is 4.90 Å². The number of aliphatic hydroxyl groups is 1. The number of likely N-dealkylation sites (tertiary alicyclic amines) is 1. The Labute approximate surface area is 121 Å². The number of piperidine rings is 1. The van der Waals surface area contributed by atoms with E-state index >= 15 is 0 Å². The molecule has 0 spiro atoms. The Kier molecular flexibility index (Phi) is 5.68. The standard InChI is InChI=1S/C16H25NO3/c1-19-15-8-7-13(10-16(15)20-2)5-6-14-4-3-9-17(11-14)12-18/h7-8,10,14,18H,3-6,9,11-12H2,1-2H3. The molecule has 1 unspecified atom stereocenters. The molecule has 0 bridgehead atoms. The molecule has 1 aliphatic rings. The smallest absolute Gasteiger partial charge is 0.160 e. The van der Waals surface area contributed by atoms with Gasteiger partial charge in [0.15, 0.2) is 11.5 Å². The van der Waals surface area contributed by atoms with Gasteiger partial charge in [0.1, 0.15) is 0 Å². The molecule has 4 heteroatoms. The van der Waals surface area contributed by atoms with E-state index in [1.54, 1.807) is 14.2 Å². The molecule has 1 aromatic carbocycles. The molecule has 1 N–H and O–H groups in total. The first-order valence-electron chi connectivity index (χ1n) is 7.31. The minimum absolute atomic E-state index is 0.187. The molecule has 20 heavy (non-hydrogen) atoms. The van der Waals surface area contributed by atoms with E-state index in [0.717, 1.165) is 37.4 Å². The van der Waals surface area contributed by atoms with Gasteiger partial charge in [-0.05, 0) is 49.3 Å². The van der Waals surface area contributed by atoms with Crippen LogP contribution in [0, 0.1) is 5.92 Å². The minimum Gasteiger partial charge on any atom is -0.493 e. The van der Waals surface area contributed by atoms with Crippen LogP contribution < -0.4 is 9.47 Å². The van der Waals surface area contributed by atoms with Crippen molar-refractivity contribution in [3.63, 3.8) is 0 Å². The average Bonchev–Trinajstić information content (AvgIpc) is 2.52. The fourth-order valence-electron chi connectivity index (χ4n) is 2.92. The van der Waals surface area contributed by atoms with Gasteiger partial charge < -0.3 is 14.6 Å². The molecule has 1 aromatic rings. The fourth-order valence-corrected chi connectivity index (χ4v) is 2.92. The monoisotopic (exact) mass is 279 g/mol. The zero-order valence-corrected chi connectivity index (χ0v) is 12.5. The topological polar surface area (TPSA) is 41.9 Å². The highest BCUT2D eigenvalue weighted by atomic mass is 16.5. The molecule has 0 aromatic heterocycles. The highest BCUT2D eigenvalue weighted by Crippen LogP contribution is 2.29. The molecule has 0 amide bonds. The molecule has 0 radical (unpaired) electrons. The first-order valence-corrected chi connectivity index (χ1v) is 7.31. The van der Waals surface area contributed by atoms with Crippen molar-refractivity contribution in [2.24, 2.45) is 5.92 Å². The molecular weight excluding hydrogens is 254 g/mol. The van der Waals surface area contributed by atoms with E-state index in [-0.39, 0.29) is 6.73 Å². The van der Waals surface area contributed by atoms with Gasteiger partial charge in [-0.2, -0.15) is 0 Å². The SMILES string of the molecule is COc1ccc(CCC2CCCN(CO)C2)cc1OC. The van der Waals surface area contributed by atoms with Crippen molar-refractivity contribution in [2.75, 3.05) is 34.0 Å². The van der Waals surface area contributed by atoms with Crippen LogP contribution in [-0.2, 0) is 6.42 Å². The van der Waals surface area contributed by atoms with Crippen LogP contribution in [0.25, 0.3) is 0 Å². The third-order valence-electron chi connectivity index (χ3n) is 4.09. The van der Waals surface area contributed by atoms with Crippen LogP contribution in [-0.4, -0.2) is 44.0 Å². The summed E-state index contributed by atoms with van der Waals surface area (Å²) < 4.78 is 10.6. The summed E-state index contributed by atoms with van der Waals surface area (Å²) in [5.74, 6) is 2.26. The van der Waals surface area contributed by atoms with Gasteiger partial charge >= 0.3 is 0 Å². The fraction of sp³-hybridized carbons (Fsp3) is 0.625. The number of nitrogens with zero attached hydrogens (tertiary/aromatic N) is 1. The molecule has 1 aliphatic heterocycles. The molecule has 1 atom stereocenters. The summed E-state index contributed by atoms with van der Waals surface area (Å²) in [5, 5.41) is 9.22. The lowest BCUT2D eigenvalue weighted by molar-refractivity contribution is 0.0646. The summed E-state index contributed by atoms with van der Waals surface area (Å²) in [6.07, 6.45) is 4.66. The maximum absolute atomic E-state index is 9.22. The number of ether oxygens (including phenoxy) is 2. The van der Waals surface area contributed by atoms with Crippen LogP contribution in [0.5, 0.6) is 11.5 Å². The van der Waals surface area contributed by atoms with Gasteiger partial charge in [0, 0.05) is 13.1 Å². The lowest BCUT2D eigenvalue weighted by Crippen LogP contribution is -2.36. The maximum Gasteiger partial charge on any atom is 0.160 e. The lowest BCUT2D eigenvalue weighted by Gasteiger charge is -2.31. The molecule has 1 heterocycles. The summed E-state index contributed by atoms with van der Waals surface area (Å²) in [5.41, 5.74) is 1.28. The van der Waals surface area contributed by atoms with Gasteiger partial charge in [-0.1, -0.05) is 6.07 Å². The number of hydrogen-bond donors (Lipinski definition) is 1. The highest BCUT2D eigenvalue weighted by Gasteiger charge is 2.19. The predicted molar refractivity (Wildman–Crippen MR) is 79.2 cm³/mol. The summed E-state index contributed by atoms with van der Waals surface area (Å²) >= 11 is 0. The van der Waals surface area contributed by atoms with Crippen molar-refractivity contribution in [1.29, 1.82) is 0 Å². The summed E-state index contributed by atoms with van der Waals surface area (Å²) in [6.45, 7) is 2.24. The van der Waals surface area contributed by atoms with Crippen LogP contribution in [0.2, 0.25) is 0 Å². The summed E-state index contributed by atoms with van der Waals surface area (Å²) in [6, 6.07) is 6.13. The molecule has 2 rings (SSSR count). The van der Waals surface area contributed by atoms with Crippen molar-refractivity contribution < 1.29 is 14.6 Å². The van der Waals surface area contributed by atoms with Gasteiger partial charge in [0.05, 0.1) is 21.0 Å². The molecule has 112 valence electrons. The second-order valence-corrected chi connectivity index (χ2v) is 5.45. The Hall–Kier alpha value is -1.26. The zero-order valence-electron chi connectivity index (χ0n) is 12.5. The Morgan fingerprint density at radius 1 is 1.25 bits per heavy atom. The second-order valence-electron chi connectivity index (χ2n) is 5.45. The first kappa shape index (κ1) is 15.1. The lowest BCUT2D eigenvalue weighted by atomic mass is 9.92.